The molecule has 5 nitrogen and oxygen atoms in total. The van der Waals surface area contributed by atoms with Crippen LogP contribution in [0, 0.1) is 0 Å². The molecule has 0 radical (unpaired) electrons. The number of hydrogen-bond donors (Lipinski definition) is 2. The van der Waals surface area contributed by atoms with Crippen molar-refractivity contribution in [3.8, 4) is 11.5 Å². The zero-order chi connectivity index (χ0) is 15.4. The topological polar surface area (TPSA) is 73.6 Å². The number of anilines is 2. The highest BCUT2D eigenvalue weighted by atomic mass is 35.5. The van der Waals surface area contributed by atoms with E-state index in [1.807, 2.05) is 0 Å². The smallest absolute Gasteiger partial charge is 0.257 e. The van der Waals surface area contributed by atoms with E-state index in [9.17, 15) is 4.79 Å². The van der Waals surface area contributed by atoms with E-state index in [0.717, 1.165) is 0 Å². The number of nitrogen functional groups attached to an aromatic ring is 1. The van der Waals surface area contributed by atoms with Crippen LogP contribution in [0.25, 0.3) is 0 Å². The van der Waals surface area contributed by atoms with Gasteiger partial charge < -0.3 is 20.5 Å². The van der Waals surface area contributed by atoms with E-state index in [1.54, 1.807) is 36.4 Å². The minimum Gasteiger partial charge on any atom is -0.497 e. The van der Waals surface area contributed by atoms with Crippen molar-refractivity contribution in [1.29, 1.82) is 0 Å². The summed E-state index contributed by atoms with van der Waals surface area (Å²) in [6, 6.07) is 9.85. The maximum atomic E-state index is 12.3. The summed E-state index contributed by atoms with van der Waals surface area (Å²) < 4.78 is 10.2. The number of methoxy groups -OCH3 is 2. The van der Waals surface area contributed by atoms with Gasteiger partial charge in [0, 0.05) is 11.8 Å². The van der Waals surface area contributed by atoms with Gasteiger partial charge in [-0.15, -0.1) is 0 Å². The second-order valence-electron chi connectivity index (χ2n) is 4.25. The van der Waals surface area contributed by atoms with Crippen molar-refractivity contribution in [2.24, 2.45) is 0 Å². The lowest BCUT2D eigenvalue weighted by molar-refractivity contribution is 0.102. The molecule has 0 aliphatic heterocycles. The van der Waals surface area contributed by atoms with Crippen molar-refractivity contribution in [1.82, 2.24) is 0 Å². The first-order valence-electron chi connectivity index (χ1n) is 6.13. The van der Waals surface area contributed by atoms with E-state index < -0.39 is 0 Å². The first kappa shape index (κ1) is 15.0. The third kappa shape index (κ3) is 3.38. The largest absolute Gasteiger partial charge is 0.497 e. The number of rotatable bonds is 4. The highest BCUT2D eigenvalue weighted by Gasteiger charge is 2.13. The summed E-state index contributed by atoms with van der Waals surface area (Å²) in [6.45, 7) is 0. The van der Waals surface area contributed by atoms with Crippen LogP contribution in [0.3, 0.4) is 0 Å². The SMILES string of the molecule is COc1ccc(Cl)c(NC(=O)c2cc(OC)ccc2N)c1. The van der Waals surface area contributed by atoms with Crippen LogP contribution < -0.4 is 20.5 Å². The third-order valence-corrected chi connectivity index (χ3v) is 3.26. The predicted molar refractivity (Wildman–Crippen MR) is 83.4 cm³/mol. The summed E-state index contributed by atoms with van der Waals surface area (Å²) in [5, 5.41) is 3.11. The zero-order valence-corrected chi connectivity index (χ0v) is 12.4. The number of ether oxygens (including phenoxy) is 2. The minimum absolute atomic E-state index is 0.313. The molecule has 6 heteroatoms. The number of nitrogens with two attached hydrogens (primary N) is 1. The van der Waals surface area contributed by atoms with Crippen LogP contribution in [0.4, 0.5) is 11.4 Å². The van der Waals surface area contributed by atoms with E-state index in [1.165, 1.54) is 14.2 Å². The van der Waals surface area contributed by atoms with E-state index in [2.05, 4.69) is 5.32 Å². The molecule has 0 atom stereocenters. The highest BCUT2D eigenvalue weighted by Crippen LogP contribution is 2.28. The van der Waals surface area contributed by atoms with Gasteiger partial charge in [0.05, 0.1) is 30.5 Å². The van der Waals surface area contributed by atoms with Gasteiger partial charge in [0.25, 0.3) is 5.91 Å². The minimum atomic E-state index is -0.374. The molecule has 0 aromatic heterocycles. The molecule has 0 bridgehead atoms. The number of amides is 1. The monoisotopic (exact) mass is 306 g/mol. The molecule has 0 aliphatic carbocycles. The molecule has 0 unspecified atom stereocenters. The summed E-state index contributed by atoms with van der Waals surface area (Å²) in [6.07, 6.45) is 0. The fraction of sp³-hybridized carbons (Fsp3) is 0.133. The molecule has 2 aromatic carbocycles. The number of hydrogen-bond acceptors (Lipinski definition) is 4. The Morgan fingerprint density at radius 1 is 1.10 bits per heavy atom. The van der Waals surface area contributed by atoms with Crippen molar-refractivity contribution >= 4 is 28.9 Å². The molecule has 110 valence electrons. The zero-order valence-electron chi connectivity index (χ0n) is 11.6. The fourth-order valence-electron chi connectivity index (χ4n) is 1.78. The Labute approximate surface area is 127 Å². The Morgan fingerprint density at radius 2 is 1.71 bits per heavy atom. The van der Waals surface area contributed by atoms with Gasteiger partial charge in [-0.2, -0.15) is 0 Å². The molecule has 0 saturated heterocycles. The van der Waals surface area contributed by atoms with Crippen molar-refractivity contribution in [2.75, 3.05) is 25.3 Å². The second-order valence-corrected chi connectivity index (χ2v) is 4.66. The summed E-state index contributed by atoms with van der Waals surface area (Å²) in [7, 11) is 3.06. The summed E-state index contributed by atoms with van der Waals surface area (Å²) in [4.78, 5) is 12.3. The van der Waals surface area contributed by atoms with Gasteiger partial charge in [-0.05, 0) is 30.3 Å². The van der Waals surface area contributed by atoms with E-state index in [0.29, 0.717) is 33.5 Å². The lowest BCUT2D eigenvalue weighted by atomic mass is 10.1. The molecule has 0 heterocycles. The number of halogens is 1. The fourth-order valence-corrected chi connectivity index (χ4v) is 1.94. The molecular weight excluding hydrogens is 292 g/mol. The Balaban J connectivity index is 2.29. The normalized spacial score (nSPS) is 10.0. The second kappa shape index (κ2) is 6.37. The summed E-state index contributed by atoms with van der Waals surface area (Å²) in [5.74, 6) is 0.765. The van der Waals surface area contributed by atoms with Gasteiger partial charge in [-0.1, -0.05) is 11.6 Å². The van der Waals surface area contributed by atoms with Gasteiger partial charge in [-0.25, -0.2) is 0 Å². The van der Waals surface area contributed by atoms with Crippen LogP contribution in [0.1, 0.15) is 10.4 Å². The van der Waals surface area contributed by atoms with Crippen LogP contribution in [0.5, 0.6) is 11.5 Å². The maximum Gasteiger partial charge on any atom is 0.257 e. The van der Waals surface area contributed by atoms with Crippen molar-refractivity contribution in [3.05, 3.63) is 47.0 Å². The van der Waals surface area contributed by atoms with Crippen LogP contribution in [-0.2, 0) is 0 Å². The molecule has 0 fully saturated rings. The first-order chi connectivity index (χ1) is 10.0. The molecule has 3 N–H and O–H groups in total. The van der Waals surface area contributed by atoms with Crippen LogP contribution in [0.15, 0.2) is 36.4 Å². The molecule has 2 aromatic rings. The quantitative estimate of drug-likeness (QED) is 0.851. The average molecular weight is 307 g/mol. The Kier molecular flexibility index (Phi) is 4.55. The maximum absolute atomic E-state index is 12.3. The van der Waals surface area contributed by atoms with Crippen molar-refractivity contribution in [3.63, 3.8) is 0 Å². The molecule has 0 spiro atoms. The molecular formula is C15H15ClN2O3. The molecule has 21 heavy (non-hydrogen) atoms. The molecule has 1 amide bonds. The van der Waals surface area contributed by atoms with Gasteiger partial charge in [-0.3, -0.25) is 4.79 Å². The lowest BCUT2D eigenvalue weighted by Crippen LogP contribution is -2.14. The lowest BCUT2D eigenvalue weighted by Gasteiger charge is -2.11. The number of nitrogens with one attached hydrogen (secondary N) is 1. The average Bonchev–Trinajstić information content (AvgIpc) is 2.49. The number of carbonyl (C=O) groups excluding carboxylic acids is 1. The molecule has 0 saturated carbocycles. The number of carbonyl (C=O) groups is 1. The van der Waals surface area contributed by atoms with Crippen LogP contribution >= 0.6 is 11.6 Å². The van der Waals surface area contributed by atoms with Gasteiger partial charge >= 0.3 is 0 Å². The van der Waals surface area contributed by atoms with E-state index >= 15 is 0 Å². The Bertz CT molecular complexity index is 674. The number of benzene rings is 2. The van der Waals surface area contributed by atoms with Gasteiger partial charge in [0.2, 0.25) is 0 Å². The Hall–Kier alpha value is -2.40. The van der Waals surface area contributed by atoms with Gasteiger partial charge in [0.15, 0.2) is 0 Å². The summed E-state index contributed by atoms with van der Waals surface area (Å²) in [5.41, 5.74) is 6.93. The highest BCUT2D eigenvalue weighted by molar-refractivity contribution is 6.34. The van der Waals surface area contributed by atoms with E-state index in [4.69, 9.17) is 26.8 Å². The van der Waals surface area contributed by atoms with Crippen LogP contribution in [0.2, 0.25) is 5.02 Å². The Morgan fingerprint density at radius 3 is 2.38 bits per heavy atom. The van der Waals surface area contributed by atoms with E-state index in [-0.39, 0.29) is 5.91 Å². The van der Waals surface area contributed by atoms with Crippen molar-refractivity contribution in [2.45, 2.75) is 0 Å². The summed E-state index contributed by atoms with van der Waals surface area (Å²) >= 11 is 6.06. The van der Waals surface area contributed by atoms with Gasteiger partial charge in [0.1, 0.15) is 11.5 Å². The first-order valence-corrected chi connectivity index (χ1v) is 6.51. The molecule has 0 aliphatic rings. The third-order valence-electron chi connectivity index (χ3n) is 2.93. The van der Waals surface area contributed by atoms with Crippen molar-refractivity contribution < 1.29 is 14.3 Å². The predicted octanol–water partition coefficient (Wildman–Crippen LogP) is 3.19. The molecule has 2 rings (SSSR count). The standard InChI is InChI=1S/C15H15ClN2O3/c1-20-9-4-6-13(17)11(7-9)15(19)18-14-8-10(21-2)3-5-12(14)16/h3-8H,17H2,1-2H3,(H,18,19). The van der Waals surface area contributed by atoms with Crippen LogP contribution in [-0.4, -0.2) is 20.1 Å².